The highest BCUT2D eigenvalue weighted by atomic mass is 32.2. The van der Waals surface area contributed by atoms with Gasteiger partial charge in [0.15, 0.2) is 0 Å². The van der Waals surface area contributed by atoms with Crippen LogP contribution in [0.5, 0.6) is 0 Å². The van der Waals surface area contributed by atoms with E-state index in [0.717, 1.165) is 25.7 Å². The van der Waals surface area contributed by atoms with Gasteiger partial charge < -0.3 is 5.11 Å². The van der Waals surface area contributed by atoms with Crippen molar-refractivity contribution in [1.82, 2.24) is 9.03 Å². The van der Waals surface area contributed by atoms with Gasteiger partial charge in [0.05, 0.1) is 6.10 Å². The minimum absolute atomic E-state index is 0.104. The van der Waals surface area contributed by atoms with E-state index in [-0.39, 0.29) is 12.5 Å². The van der Waals surface area contributed by atoms with Crippen molar-refractivity contribution in [3.05, 3.63) is 0 Å². The Labute approximate surface area is 123 Å². The minimum Gasteiger partial charge on any atom is -0.392 e. The van der Waals surface area contributed by atoms with Gasteiger partial charge in [0, 0.05) is 25.0 Å². The zero-order chi connectivity index (χ0) is 15.4. The first kappa shape index (κ1) is 17.9. The Morgan fingerprint density at radius 3 is 2.10 bits per heavy atom. The maximum absolute atomic E-state index is 12.3. The molecule has 0 aromatic carbocycles. The maximum Gasteiger partial charge on any atom is 0.279 e. The molecular formula is C14H30N2O3S. The summed E-state index contributed by atoms with van der Waals surface area (Å²) in [5.41, 5.74) is -0.479. The molecule has 0 aromatic heterocycles. The second-order valence-corrected chi connectivity index (χ2v) is 8.57. The lowest BCUT2D eigenvalue weighted by atomic mass is 9.81. The van der Waals surface area contributed by atoms with Crippen molar-refractivity contribution in [2.45, 2.75) is 59.5 Å². The van der Waals surface area contributed by atoms with Crippen molar-refractivity contribution in [3.8, 4) is 0 Å². The molecule has 6 heteroatoms. The van der Waals surface area contributed by atoms with Gasteiger partial charge in [-0.3, -0.25) is 0 Å². The normalized spacial score (nSPS) is 20.9. The SMILES string of the molecule is CC(C)C(O)C(C)(C)CNS(=O)(=O)N1CCCCCC1. The average molecular weight is 306 g/mol. The van der Waals surface area contributed by atoms with Crippen molar-refractivity contribution in [1.29, 1.82) is 0 Å². The predicted molar refractivity (Wildman–Crippen MR) is 81.6 cm³/mol. The molecule has 0 aliphatic carbocycles. The fourth-order valence-electron chi connectivity index (χ4n) is 2.66. The zero-order valence-corrected chi connectivity index (χ0v) is 14.0. The van der Waals surface area contributed by atoms with Crippen LogP contribution in [0.25, 0.3) is 0 Å². The summed E-state index contributed by atoms with van der Waals surface area (Å²) < 4.78 is 28.8. The molecule has 0 bridgehead atoms. The minimum atomic E-state index is -3.43. The highest BCUT2D eigenvalue weighted by Gasteiger charge is 2.32. The number of hydrogen-bond acceptors (Lipinski definition) is 3. The van der Waals surface area contributed by atoms with Gasteiger partial charge in [-0.1, -0.05) is 40.5 Å². The predicted octanol–water partition coefficient (Wildman–Crippen LogP) is 1.74. The van der Waals surface area contributed by atoms with Crippen LogP contribution in [-0.4, -0.2) is 43.6 Å². The molecule has 0 radical (unpaired) electrons. The first-order valence-corrected chi connectivity index (χ1v) is 9.03. The molecule has 1 heterocycles. The lowest BCUT2D eigenvalue weighted by Gasteiger charge is -2.34. The van der Waals surface area contributed by atoms with Gasteiger partial charge in [0.25, 0.3) is 10.2 Å². The van der Waals surface area contributed by atoms with Crippen molar-refractivity contribution in [2.24, 2.45) is 11.3 Å². The van der Waals surface area contributed by atoms with E-state index in [4.69, 9.17) is 0 Å². The van der Waals surface area contributed by atoms with Crippen LogP contribution >= 0.6 is 0 Å². The molecule has 0 amide bonds. The van der Waals surface area contributed by atoms with Crippen molar-refractivity contribution < 1.29 is 13.5 Å². The number of aliphatic hydroxyl groups excluding tert-OH is 1. The van der Waals surface area contributed by atoms with E-state index in [9.17, 15) is 13.5 Å². The number of nitrogens with one attached hydrogen (secondary N) is 1. The summed E-state index contributed by atoms with van der Waals surface area (Å²) >= 11 is 0. The van der Waals surface area contributed by atoms with Gasteiger partial charge in [-0.15, -0.1) is 0 Å². The summed E-state index contributed by atoms with van der Waals surface area (Å²) in [5, 5.41) is 10.2. The quantitative estimate of drug-likeness (QED) is 0.785. The third-order valence-corrected chi connectivity index (χ3v) is 5.60. The molecule has 1 saturated heterocycles. The van der Waals surface area contributed by atoms with E-state index in [1.807, 2.05) is 27.7 Å². The van der Waals surface area contributed by atoms with Crippen LogP contribution in [0.15, 0.2) is 0 Å². The van der Waals surface area contributed by atoms with E-state index in [1.165, 1.54) is 4.31 Å². The Kier molecular flexibility index (Phi) is 6.44. The molecule has 1 unspecified atom stereocenters. The molecule has 2 N–H and O–H groups in total. The van der Waals surface area contributed by atoms with Gasteiger partial charge in [-0.05, 0) is 18.8 Å². The number of rotatable bonds is 6. The van der Waals surface area contributed by atoms with Gasteiger partial charge in [-0.25, -0.2) is 4.72 Å². The largest absolute Gasteiger partial charge is 0.392 e. The second kappa shape index (κ2) is 7.20. The lowest BCUT2D eigenvalue weighted by Crippen LogP contribution is -2.48. The summed E-state index contributed by atoms with van der Waals surface area (Å²) in [4.78, 5) is 0. The first-order chi connectivity index (χ1) is 9.17. The molecule has 0 aromatic rings. The van der Waals surface area contributed by atoms with Crippen LogP contribution in [-0.2, 0) is 10.2 Å². The topological polar surface area (TPSA) is 69.6 Å². The molecular weight excluding hydrogens is 276 g/mol. The third kappa shape index (κ3) is 4.98. The zero-order valence-electron chi connectivity index (χ0n) is 13.2. The second-order valence-electron chi connectivity index (χ2n) is 6.82. The van der Waals surface area contributed by atoms with E-state index in [2.05, 4.69) is 4.72 Å². The number of hydrogen-bond donors (Lipinski definition) is 2. The summed E-state index contributed by atoms with van der Waals surface area (Å²) in [6.07, 6.45) is 3.53. The highest BCUT2D eigenvalue weighted by Crippen LogP contribution is 2.25. The molecule has 0 spiro atoms. The van der Waals surface area contributed by atoms with Crippen LogP contribution in [0.3, 0.4) is 0 Å². The fourth-order valence-corrected chi connectivity index (χ4v) is 4.13. The standard InChI is InChI=1S/C14H30N2O3S/c1-12(2)13(17)14(3,4)11-15-20(18,19)16-9-7-5-6-8-10-16/h12-13,15,17H,5-11H2,1-4H3. The Morgan fingerprint density at radius 1 is 1.15 bits per heavy atom. The van der Waals surface area contributed by atoms with Gasteiger partial charge in [-0.2, -0.15) is 12.7 Å². The van der Waals surface area contributed by atoms with Crippen molar-refractivity contribution >= 4 is 10.2 Å². The molecule has 1 atom stereocenters. The first-order valence-electron chi connectivity index (χ1n) is 7.59. The number of aliphatic hydroxyl groups is 1. The van der Waals surface area contributed by atoms with Crippen LogP contribution < -0.4 is 4.72 Å². The smallest absolute Gasteiger partial charge is 0.279 e. The summed E-state index contributed by atoms with van der Waals surface area (Å²) in [7, 11) is -3.43. The van der Waals surface area contributed by atoms with E-state index < -0.39 is 21.7 Å². The summed E-state index contributed by atoms with van der Waals surface area (Å²) in [6.45, 7) is 9.12. The Hall–Kier alpha value is -0.170. The van der Waals surface area contributed by atoms with Crippen LogP contribution in [0, 0.1) is 11.3 Å². The van der Waals surface area contributed by atoms with Crippen LogP contribution in [0.1, 0.15) is 53.4 Å². The van der Waals surface area contributed by atoms with Crippen LogP contribution in [0.2, 0.25) is 0 Å². The molecule has 0 saturated carbocycles. The lowest BCUT2D eigenvalue weighted by molar-refractivity contribution is 0.0164. The monoisotopic (exact) mass is 306 g/mol. The van der Waals surface area contributed by atoms with Gasteiger partial charge in [0.1, 0.15) is 0 Å². The summed E-state index contributed by atoms with van der Waals surface area (Å²) in [5.74, 6) is 0.104. The fraction of sp³-hybridized carbons (Fsp3) is 1.00. The van der Waals surface area contributed by atoms with Gasteiger partial charge in [0.2, 0.25) is 0 Å². The van der Waals surface area contributed by atoms with E-state index in [1.54, 1.807) is 0 Å². The highest BCUT2D eigenvalue weighted by molar-refractivity contribution is 7.87. The molecule has 20 heavy (non-hydrogen) atoms. The van der Waals surface area contributed by atoms with Crippen molar-refractivity contribution in [3.63, 3.8) is 0 Å². The Bertz CT molecular complexity index is 385. The van der Waals surface area contributed by atoms with E-state index in [0.29, 0.717) is 13.1 Å². The Morgan fingerprint density at radius 2 is 1.65 bits per heavy atom. The molecule has 5 nitrogen and oxygen atoms in total. The van der Waals surface area contributed by atoms with Crippen molar-refractivity contribution in [2.75, 3.05) is 19.6 Å². The molecule has 1 fully saturated rings. The number of nitrogens with zero attached hydrogens (tertiary/aromatic N) is 1. The summed E-state index contributed by atoms with van der Waals surface area (Å²) in [6, 6.07) is 0. The van der Waals surface area contributed by atoms with Crippen LogP contribution in [0.4, 0.5) is 0 Å². The maximum atomic E-state index is 12.3. The Balaban J connectivity index is 2.62. The molecule has 1 aliphatic heterocycles. The molecule has 120 valence electrons. The van der Waals surface area contributed by atoms with E-state index >= 15 is 0 Å². The van der Waals surface area contributed by atoms with Gasteiger partial charge >= 0.3 is 0 Å². The third-order valence-electron chi connectivity index (χ3n) is 4.05. The molecule has 1 rings (SSSR count). The molecule has 1 aliphatic rings. The average Bonchev–Trinajstić information content (AvgIpc) is 2.65.